The molecule has 25 heavy (non-hydrogen) atoms. The molecule has 3 rings (SSSR count). The number of rotatable bonds is 5. The molecule has 6 heteroatoms. The number of aliphatic imine (C=N–C) groups is 1. The highest BCUT2D eigenvalue weighted by atomic mass is 127. The van der Waals surface area contributed by atoms with Gasteiger partial charge in [0.05, 0.1) is 7.11 Å². The summed E-state index contributed by atoms with van der Waals surface area (Å²) in [6.45, 7) is 2.86. The first kappa shape index (κ1) is 19.4. The number of hydrogen-bond acceptors (Lipinski definition) is 3. The largest absolute Gasteiger partial charge is 0.497 e. The lowest BCUT2D eigenvalue weighted by Gasteiger charge is -2.18. The number of benzene rings is 2. The number of nitrogens with zero attached hydrogens (tertiary/aromatic N) is 2. The summed E-state index contributed by atoms with van der Waals surface area (Å²) < 4.78 is 5.14. The molecule has 2 aromatic rings. The van der Waals surface area contributed by atoms with Crippen LogP contribution in [0, 0.1) is 5.92 Å². The van der Waals surface area contributed by atoms with E-state index in [2.05, 4.69) is 39.5 Å². The average Bonchev–Trinajstić information content (AvgIpc) is 3.10. The molecule has 0 aliphatic carbocycles. The first-order valence-corrected chi connectivity index (χ1v) is 8.25. The summed E-state index contributed by atoms with van der Waals surface area (Å²) in [4.78, 5) is 6.91. The molecular weight excluding hydrogens is 427 g/mol. The van der Waals surface area contributed by atoms with E-state index >= 15 is 0 Å². The van der Waals surface area contributed by atoms with Crippen molar-refractivity contribution in [2.45, 2.75) is 6.42 Å². The Morgan fingerprint density at radius 3 is 2.60 bits per heavy atom. The van der Waals surface area contributed by atoms with Crippen LogP contribution in [0.2, 0.25) is 0 Å². The van der Waals surface area contributed by atoms with Gasteiger partial charge in [-0.1, -0.05) is 18.2 Å². The Balaban J connectivity index is 0.00000225. The molecule has 1 fully saturated rings. The highest BCUT2D eigenvalue weighted by molar-refractivity contribution is 14.0. The second-order valence-corrected chi connectivity index (χ2v) is 6.02. The second-order valence-electron chi connectivity index (χ2n) is 6.02. The smallest absolute Gasteiger partial charge is 0.193 e. The molecule has 0 aromatic heterocycles. The molecule has 0 radical (unpaired) electrons. The Hall–Kier alpha value is -1.96. The molecule has 1 aliphatic rings. The number of methoxy groups -OCH3 is 1. The van der Waals surface area contributed by atoms with E-state index in [1.54, 1.807) is 7.11 Å². The van der Waals surface area contributed by atoms with Crippen molar-refractivity contribution in [3.63, 3.8) is 0 Å². The van der Waals surface area contributed by atoms with Crippen molar-refractivity contribution in [3.8, 4) is 5.75 Å². The van der Waals surface area contributed by atoms with Crippen LogP contribution in [0.1, 0.15) is 6.42 Å². The zero-order chi connectivity index (χ0) is 16.8. The lowest BCUT2D eigenvalue weighted by Crippen LogP contribution is -2.25. The maximum atomic E-state index is 5.99. The van der Waals surface area contributed by atoms with Crippen molar-refractivity contribution in [3.05, 3.63) is 54.6 Å². The van der Waals surface area contributed by atoms with E-state index in [1.807, 2.05) is 30.3 Å². The van der Waals surface area contributed by atoms with Crippen molar-refractivity contribution in [1.29, 1.82) is 0 Å². The third-order valence-electron chi connectivity index (χ3n) is 4.29. The minimum atomic E-state index is 0. The van der Waals surface area contributed by atoms with Gasteiger partial charge in [-0.25, -0.2) is 0 Å². The summed E-state index contributed by atoms with van der Waals surface area (Å²) in [5.41, 5.74) is 8.19. The van der Waals surface area contributed by atoms with Crippen LogP contribution < -0.4 is 20.7 Å². The van der Waals surface area contributed by atoms with Crippen molar-refractivity contribution in [1.82, 2.24) is 0 Å². The first-order chi connectivity index (χ1) is 11.7. The van der Waals surface area contributed by atoms with Crippen LogP contribution in [-0.4, -0.2) is 32.7 Å². The lowest BCUT2D eigenvalue weighted by molar-refractivity contribution is 0.415. The fraction of sp³-hybridized carbons (Fsp3) is 0.316. The van der Waals surface area contributed by atoms with Gasteiger partial charge >= 0.3 is 0 Å². The zero-order valence-electron chi connectivity index (χ0n) is 14.4. The van der Waals surface area contributed by atoms with E-state index < -0.39 is 0 Å². The van der Waals surface area contributed by atoms with Gasteiger partial charge in [0.1, 0.15) is 5.75 Å². The summed E-state index contributed by atoms with van der Waals surface area (Å²) in [7, 11) is 1.65. The van der Waals surface area contributed by atoms with E-state index in [0.717, 1.165) is 37.5 Å². The van der Waals surface area contributed by atoms with E-state index in [-0.39, 0.29) is 24.0 Å². The maximum Gasteiger partial charge on any atom is 0.193 e. The van der Waals surface area contributed by atoms with Gasteiger partial charge < -0.3 is 20.7 Å². The van der Waals surface area contributed by atoms with E-state index in [9.17, 15) is 0 Å². The molecule has 1 aliphatic heterocycles. The summed E-state index contributed by atoms with van der Waals surface area (Å²) in [6, 6.07) is 18.2. The van der Waals surface area contributed by atoms with Crippen LogP contribution in [-0.2, 0) is 0 Å². The maximum absolute atomic E-state index is 5.99. The van der Waals surface area contributed by atoms with Crippen LogP contribution in [0.4, 0.5) is 11.4 Å². The molecule has 5 nitrogen and oxygen atoms in total. The molecule has 1 unspecified atom stereocenters. The van der Waals surface area contributed by atoms with Gasteiger partial charge in [-0.05, 0) is 48.7 Å². The summed E-state index contributed by atoms with van der Waals surface area (Å²) in [6.07, 6.45) is 1.15. The number of halogens is 1. The van der Waals surface area contributed by atoms with Crippen molar-refractivity contribution >= 4 is 41.3 Å². The third-order valence-corrected chi connectivity index (χ3v) is 4.29. The summed E-state index contributed by atoms with van der Waals surface area (Å²) >= 11 is 0. The quantitative estimate of drug-likeness (QED) is 0.414. The Bertz CT molecular complexity index is 676. The van der Waals surface area contributed by atoms with E-state index in [1.165, 1.54) is 5.69 Å². The molecule has 0 bridgehead atoms. The minimum Gasteiger partial charge on any atom is -0.497 e. The summed E-state index contributed by atoms with van der Waals surface area (Å²) in [5.74, 6) is 1.82. The van der Waals surface area contributed by atoms with Crippen molar-refractivity contribution in [2.75, 3.05) is 37.0 Å². The van der Waals surface area contributed by atoms with Crippen molar-refractivity contribution < 1.29 is 4.74 Å². The highest BCUT2D eigenvalue weighted by Crippen LogP contribution is 2.23. The predicted octanol–water partition coefficient (Wildman–Crippen LogP) is 3.57. The van der Waals surface area contributed by atoms with Crippen LogP contribution in [0.3, 0.4) is 0 Å². The zero-order valence-corrected chi connectivity index (χ0v) is 16.7. The number of para-hydroxylation sites is 1. The Morgan fingerprint density at radius 1 is 1.20 bits per heavy atom. The number of nitrogens with two attached hydrogens (primary N) is 1. The van der Waals surface area contributed by atoms with Crippen molar-refractivity contribution in [2.24, 2.45) is 16.6 Å². The number of guanidine groups is 1. The van der Waals surface area contributed by atoms with Gasteiger partial charge in [0.2, 0.25) is 0 Å². The fourth-order valence-corrected chi connectivity index (χ4v) is 2.94. The molecule has 1 heterocycles. The molecule has 3 N–H and O–H groups in total. The van der Waals surface area contributed by atoms with Gasteiger partial charge in [-0.15, -0.1) is 24.0 Å². The molecule has 1 saturated heterocycles. The monoisotopic (exact) mass is 452 g/mol. The third kappa shape index (κ3) is 5.52. The molecule has 2 aromatic carbocycles. The van der Waals surface area contributed by atoms with Gasteiger partial charge in [-0.2, -0.15) is 0 Å². The number of nitrogens with one attached hydrogen (secondary N) is 1. The minimum absolute atomic E-state index is 0. The average molecular weight is 452 g/mol. The van der Waals surface area contributed by atoms with Gasteiger partial charge in [0.15, 0.2) is 5.96 Å². The standard InChI is InChI=1S/C19H24N4O.HI/c1-24-18-9-7-16(8-10-18)22-19(20)21-13-15-11-12-23(14-15)17-5-3-2-4-6-17;/h2-10,15H,11-14H2,1H3,(H3,20,21,22);1H. The molecular formula is C19H25IN4O. The fourth-order valence-electron chi connectivity index (χ4n) is 2.94. The first-order valence-electron chi connectivity index (χ1n) is 8.25. The predicted molar refractivity (Wildman–Crippen MR) is 115 cm³/mol. The van der Waals surface area contributed by atoms with Crippen LogP contribution >= 0.6 is 24.0 Å². The highest BCUT2D eigenvalue weighted by Gasteiger charge is 2.22. The van der Waals surface area contributed by atoms with Crippen LogP contribution in [0.25, 0.3) is 0 Å². The van der Waals surface area contributed by atoms with E-state index in [0.29, 0.717) is 11.9 Å². The van der Waals surface area contributed by atoms with Crippen LogP contribution in [0.15, 0.2) is 59.6 Å². The Morgan fingerprint density at radius 2 is 1.92 bits per heavy atom. The van der Waals surface area contributed by atoms with Gasteiger partial charge in [0, 0.05) is 31.0 Å². The van der Waals surface area contributed by atoms with Gasteiger partial charge in [-0.3, -0.25) is 4.99 Å². The van der Waals surface area contributed by atoms with Crippen LogP contribution in [0.5, 0.6) is 5.75 Å². The molecule has 1 atom stereocenters. The Kier molecular flexibility index (Phi) is 7.36. The molecule has 134 valence electrons. The topological polar surface area (TPSA) is 62.9 Å². The summed E-state index contributed by atoms with van der Waals surface area (Å²) in [5, 5.41) is 3.12. The molecule has 0 spiro atoms. The number of hydrogen-bond donors (Lipinski definition) is 2. The SMILES string of the molecule is COc1ccc(NC(N)=NCC2CCN(c3ccccc3)C2)cc1.I. The second kappa shape index (κ2) is 9.50. The number of ether oxygens (including phenoxy) is 1. The molecule has 0 saturated carbocycles. The lowest BCUT2D eigenvalue weighted by atomic mass is 10.1. The molecule has 0 amide bonds. The van der Waals surface area contributed by atoms with Gasteiger partial charge in [0.25, 0.3) is 0 Å². The number of anilines is 2. The van der Waals surface area contributed by atoms with E-state index in [4.69, 9.17) is 10.5 Å². The normalized spacial score (nSPS) is 17.1. The Labute approximate surface area is 166 Å².